The van der Waals surface area contributed by atoms with Crippen LogP contribution in [0.2, 0.25) is 0 Å². The summed E-state index contributed by atoms with van der Waals surface area (Å²) in [5.41, 5.74) is 1.55. The quantitative estimate of drug-likeness (QED) is 0.627. The zero-order chi connectivity index (χ0) is 12.5. The maximum atomic E-state index is 2.27. The summed E-state index contributed by atoms with van der Waals surface area (Å²) in [5.74, 6) is 0.861. The van der Waals surface area contributed by atoms with Gasteiger partial charge in [-0.1, -0.05) is 86.0 Å². The van der Waals surface area contributed by atoms with Gasteiger partial charge in [0.1, 0.15) is 0 Å². The van der Waals surface area contributed by atoms with Crippen LogP contribution in [-0.4, -0.2) is 0 Å². The number of benzene rings is 2. The first-order chi connectivity index (χ1) is 8.97. The van der Waals surface area contributed by atoms with Crippen LogP contribution in [-0.2, 0) is 0 Å². The van der Waals surface area contributed by atoms with E-state index in [0.717, 1.165) is 5.92 Å². The first kappa shape index (κ1) is 15.4. The van der Waals surface area contributed by atoms with E-state index in [-0.39, 0.29) is 4.70 Å². The van der Waals surface area contributed by atoms with Crippen LogP contribution < -0.4 is 0 Å². The molecule has 1 aliphatic carbocycles. The Morgan fingerprint density at radius 1 is 0.579 bits per heavy atom. The first-order valence-electron chi connectivity index (χ1n) is 7.02. The van der Waals surface area contributed by atoms with E-state index in [4.69, 9.17) is 0 Å². The summed E-state index contributed by atoms with van der Waals surface area (Å²) in [7, 11) is 0. The number of hydrogen-bond acceptors (Lipinski definition) is 0. The Kier molecular flexibility index (Phi) is 7.57. The molecule has 2 aromatic rings. The van der Waals surface area contributed by atoms with Gasteiger partial charge >= 0.3 is 0 Å². The number of halogens is 1. The smallest absolute Gasteiger partial charge is 0.0162 e. The highest BCUT2D eigenvalue weighted by atomic mass is 19.0. The Morgan fingerprint density at radius 3 is 1.47 bits per heavy atom. The summed E-state index contributed by atoms with van der Waals surface area (Å²) >= 11 is 0. The van der Waals surface area contributed by atoms with Crippen molar-refractivity contribution in [1.82, 2.24) is 0 Å². The average Bonchev–Trinajstić information content (AvgIpc) is 2.51. The molecular weight excluding hydrogens is 235 g/mol. The van der Waals surface area contributed by atoms with Crippen LogP contribution in [0.3, 0.4) is 0 Å². The molecule has 1 saturated carbocycles. The van der Waals surface area contributed by atoms with E-state index >= 15 is 0 Å². The van der Waals surface area contributed by atoms with Gasteiger partial charge in [-0.15, -0.1) is 0 Å². The predicted octanol–water partition coefficient (Wildman–Crippen LogP) is 5.57. The minimum Gasteiger partial charge on any atom is -0.269 e. The van der Waals surface area contributed by atoms with Crippen LogP contribution >= 0.6 is 0 Å². The molecule has 0 bridgehead atoms. The highest BCUT2D eigenvalue weighted by Gasteiger charge is 2.14. The van der Waals surface area contributed by atoms with E-state index in [1.165, 1.54) is 32.1 Å². The number of rotatable bonds is 1. The second-order valence-corrected chi connectivity index (χ2v) is 4.90. The third-order valence-electron chi connectivity index (χ3n) is 3.54. The molecule has 2 aromatic carbocycles. The Morgan fingerprint density at radius 2 is 1.00 bits per heavy atom. The van der Waals surface area contributed by atoms with Gasteiger partial charge in [-0.25, -0.2) is 0 Å². The maximum absolute atomic E-state index is 2.27. The lowest BCUT2D eigenvalue weighted by molar-refractivity contribution is 0.443. The van der Waals surface area contributed by atoms with Crippen molar-refractivity contribution in [2.75, 3.05) is 0 Å². The fourth-order valence-corrected chi connectivity index (χ4v) is 2.55. The lowest BCUT2D eigenvalue weighted by atomic mass is 9.84. The van der Waals surface area contributed by atoms with Crippen LogP contribution in [0.1, 0.15) is 43.6 Å². The molecule has 102 valence electrons. The standard InChI is InChI=1S/C12H16.C6H6.FH/c1-3-7-11(8-4-1)12-9-5-2-6-10-12;1-2-4-6-5-3-1;/h1,3-4,7-8,12H,2,5-6,9-10H2;1-6H;1H. The first-order valence-corrected chi connectivity index (χ1v) is 7.02. The zero-order valence-corrected chi connectivity index (χ0v) is 11.4. The topological polar surface area (TPSA) is 0 Å². The second kappa shape index (κ2) is 9.32. The molecule has 1 heteroatoms. The Labute approximate surface area is 115 Å². The molecule has 0 heterocycles. The molecule has 0 aromatic heterocycles. The van der Waals surface area contributed by atoms with Crippen molar-refractivity contribution in [3.8, 4) is 0 Å². The van der Waals surface area contributed by atoms with Crippen molar-refractivity contribution in [2.24, 2.45) is 0 Å². The SMILES string of the molecule is F.c1ccc(C2CCCCC2)cc1.c1ccccc1. The average molecular weight is 258 g/mol. The van der Waals surface area contributed by atoms with Crippen LogP contribution in [0, 0.1) is 0 Å². The van der Waals surface area contributed by atoms with Crippen molar-refractivity contribution in [3.63, 3.8) is 0 Å². The molecule has 0 radical (unpaired) electrons. The molecule has 1 fully saturated rings. The fourth-order valence-electron chi connectivity index (χ4n) is 2.55. The molecule has 0 unspecified atom stereocenters. The summed E-state index contributed by atoms with van der Waals surface area (Å²) in [6, 6.07) is 23.0. The zero-order valence-electron chi connectivity index (χ0n) is 11.4. The van der Waals surface area contributed by atoms with E-state index in [1.54, 1.807) is 5.56 Å². The minimum atomic E-state index is 0. The molecule has 0 spiro atoms. The van der Waals surface area contributed by atoms with Crippen LogP contribution in [0.15, 0.2) is 66.7 Å². The van der Waals surface area contributed by atoms with E-state index in [0.29, 0.717) is 0 Å². The molecular formula is C18H23F. The molecule has 0 atom stereocenters. The summed E-state index contributed by atoms with van der Waals surface area (Å²) in [4.78, 5) is 0. The van der Waals surface area contributed by atoms with E-state index < -0.39 is 0 Å². The van der Waals surface area contributed by atoms with Crippen LogP contribution in [0.25, 0.3) is 0 Å². The van der Waals surface area contributed by atoms with Gasteiger partial charge in [0, 0.05) is 0 Å². The molecule has 0 amide bonds. The van der Waals surface area contributed by atoms with E-state index in [9.17, 15) is 0 Å². The Hall–Kier alpha value is -1.63. The minimum absolute atomic E-state index is 0. The van der Waals surface area contributed by atoms with Crippen molar-refractivity contribution in [2.45, 2.75) is 38.0 Å². The van der Waals surface area contributed by atoms with Gasteiger partial charge < -0.3 is 0 Å². The van der Waals surface area contributed by atoms with Gasteiger partial charge in [0.25, 0.3) is 0 Å². The second-order valence-electron chi connectivity index (χ2n) is 4.90. The largest absolute Gasteiger partial charge is 0.269 e. The van der Waals surface area contributed by atoms with Crippen LogP contribution in [0.4, 0.5) is 4.70 Å². The monoisotopic (exact) mass is 258 g/mol. The highest BCUT2D eigenvalue weighted by Crippen LogP contribution is 2.31. The molecule has 19 heavy (non-hydrogen) atoms. The third kappa shape index (κ3) is 5.69. The fraction of sp³-hybridized carbons (Fsp3) is 0.333. The maximum Gasteiger partial charge on any atom is -0.0162 e. The van der Waals surface area contributed by atoms with Gasteiger partial charge in [-0.2, -0.15) is 0 Å². The normalized spacial score (nSPS) is 14.7. The van der Waals surface area contributed by atoms with Crippen LogP contribution in [0.5, 0.6) is 0 Å². The van der Waals surface area contributed by atoms with Crippen molar-refractivity contribution >= 4 is 0 Å². The Balaban J connectivity index is 0.000000220. The lowest BCUT2D eigenvalue weighted by Gasteiger charge is -2.21. The van der Waals surface area contributed by atoms with E-state index in [2.05, 4.69) is 30.3 Å². The lowest BCUT2D eigenvalue weighted by Crippen LogP contribution is -2.03. The van der Waals surface area contributed by atoms with Gasteiger partial charge in [-0.05, 0) is 24.3 Å². The summed E-state index contributed by atoms with van der Waals surface area (Å²) < 4.78 is 0. The van der Waals surface area contributed by atoms with Gasteiger partial charge in [0.2, 0.25) is 0 Å². The van der Waals surface area contributed by atoms with Gasteiger partial charge in [0.15, 0.2) is 0 Å². The third-order valence-corrected chi connectivity index (χ3v) is 3.54. The van der Waals surface area contributed by atoms with E-state index in [1.807, 2.05) is 36.4 Å². The summed E-state index contributed by atoms with van der Waals surface area (Å²) in [6.45, 7) is 0. The van der Waals surface area contributed by atoms with Gasteiger partial charge in [-0.3, -0.25) is 4.70 Å². The molecule has 0 saturated heterocycles. The molecule has 0 nitrogen and oxygen atoms in total. The Bertz CT molecular complexity index is 378. The summed E-state index contributed by atoms with van der Waals surface area (Å²) in [5, 5.41) is 0. The summed E-state index contributed by atoms with van der Waals surface area (Å²) in [6.07, 6.45) is 7.12. The van der Waals surface area contributed by atoms with Crippen molar-refractivity contribution in [1.29, 1.82) is 0 Å². The number of hydrogen-bond donors (Lipinski definition) is 0. The predicted molar refractivity (Wildman–Crippen MR) is 81.2 cm³/mol. The molecule has 0 aliphatic heterocycles. The molecule has 3 rings (SSSR count). The van der Waals surface area contributed by atoms with Crippen molar-refractivity contribution < 1.29 is 4.70 Å². The molecule has 0 N–H and O–H groups in total. The highest BCUT2D eigenvalue weighted by molar-refractivity contribution is 5.19. The van der Waals surface area contributed by atoms with Crippen molar-refractivity contribution in [3.05, 3.63) is 72.3 Å². The van der Waals surface area contributed by atoms with Gasteiger partial charge in [0.05, 0.1) is 0 Å². The molecule has 1 aliphatic rings.